The van der Waals surface area contributed by atoms with Crippen LogP contribution in [0.3, 0.4) is 0 Å². The summed E-state index contributed by atoms with van der Waals surface area (Å²) >= 11 is 0. The molecule has 4 heteroatoms. The van der Waals surface area contributed by atoms with Crippen molar-refractivity contribution in [3.63, 3.8) is 0 Å². The molecule has 21 heavy (non-hydrogen) atoms. The van der Waals surface area contributed by atoms with E-state index in [0.717, 1.165) is 11.1 Å². The Balaban J connectivity index is 2.25. The molecule has 4 nitrogen and oxygen atoms in total. The van der Waals surface area contributed by atoms with E-state index in [4.69, 9.17) is 20.5 Å². The normalized spacial score (nSPS) is 9.95. The van der Waals surface area contributed by atoms with Crippen LogP contribution in [-0.4, -0.2) is 6.61 Å². The third-order valence-electron chi connectivity index (χ3n) is 3.09. The van der Waals surface area contributed by atoms with Gasteiger partial charge in [0.25, 0.3) is 0 Å². The van der Waals surface area contributed by atoms with Gasteiger partial charge in [-0.15, -0.1) is 0 Å². The highest BCUT2D eigenvalue weighted by molar-refractivity contribution is 5.47. The molecule has 2 N–H and O–H groups in total. The molecule has 0 amide bonds. The molecule has 0 saturated heterocycles. The Morgan fingerprint density at radius 2 is 1.81 bits per heavy atom. The second-order valence-corrected chi connectivity index (χ2v) is 4.44. The summed E-state index contributed by atoms with van der Waals surface area (Å²) in [4.78, 5) is 0. The van der Waals surface area contributed by atoms with Crippen molar-refractivity contribution in [3.8, 4) is 17.6 Å². The molecule has 0 aromatic heterocycles. The van der Waals surface area contributed by atoms with Crippen LogP contribution in [0.25, 0.3) is 0 Å². The predicted octanol–water partition coefficient (Wildman–Crippen LogP) is 2.99. The second-order valence-electron chi connectivity index (χ2n) is 4.44. The monoisotopic (exact) mass is 282 g/mol. The van der Waals surface area contributed by atoms with Crippen LogP contribution in [-0.2, 0) is 13.2 Å². The van der Waals surface area contributed by atoms with Crippen LogP contribution in [0.5, 0.6) is 11.5 Å². The molecule has 0 aliphatic rings. The number of hydrogen-bond acceptors (Lipinski definition) is 4. The Morgan fingerprint density at radius 3 is 2.52 bits per heavy atom. The molecule has 0 spiro atoms. The lowest BCUT2D eigenvalue weighted by atomic mass is 10.1. The molecule has 0 fully saturated rings. The minimum Gasteiger partial charge on any atom is -0.490 e. The number of para-hydroxylation sites is 1. The van der Waals surface area contributed by atoms with Crippen molar-refractivity contribution >= 4 is 0 Å². The molecule has 2 rings (SSSR count). The van der Waals surface area contributed by atoms with E-state index >= 15 is 0 Å². The highest BCUT2D eigenvalue weighted by Crippen LogP contribution is 2.32. The first-order chi connectivity index (χ1) is 10.3. The van der Waals surface area contributed by atoms with Gasteiger partial charge in [0.15, 0.2) is 11.5 Å². The van der Waals surface area contributed by atoms with E-state index in [1.165, 1.54) is 0 Å². The van der Waals surface area contributed by atoms with Gasteiger partial charge >= 0.3 is 0 Å². The van der Waals surface area contributed by atoms with Crippen molar-refractivity contribution < 1.29 is 9.47 Å². The Morgan fingerprint density at radius 1 is 1.05 bits per heavy atom. The maximum Gasteiger partial charge on any atom is 0.166 e. The molecule has 0 aliphatic carbocycles. The fourth-order valence-corrected chi connectivity index (χ4v) is 2.06. The Bertz CT molecular complexity index is 647. The summed E-state index contributed by atoms with van der Waals surface area (Å²) < 4.78 is 11.5. The van der Waals surface area contributed by atoms with Crippen LogP contribution in [0.15, 0.2) is 42.5 Å². The van der Waals surface area contributed by atoms with E-state index in [-0.39, 0.29) is 0 Å². The molecule has 0 saturated carbocycles. The van der Waals surface area contributed by atoms with Gasteiger partial charge < -0.3 is 15.2 Å². The Kier molecular flexibility index (Phi) is 5.19. The topological polar surface area (TPSA) is 68.3 Å². The van der Waals surface area contributed by atoms with Crippen molar-refractivity contribution in [2.45, 2.75) is 20.1 Å². The summed E-state index contributed by atoms with van der Waals surface area (Å²) in [5.41, 5.74) is 8.09. The Labute approximate surface area is 124 Å². The molecule has 0 atom stereocenters. The van der Waals surface area contributed by atoms with Crippen LogP contribution < -0.4 is 15.2 Å². The molecule has 0 radical (unpaired) electrons. The van der Waals surface area contributed by atoms with Crippen LogP contribution in [0.1, 0.15) is 23.6 Å². The summed E-state index contributed by atoms with van der Waals surface area (Å²) in [6.45, 7) is 3.15. The van der Waals surface area contributed by atoms with Crippen LogP contribution >= 0.6 is 0 Å². The first-order valence-electron chi connectivity index (χ1n) is 6.85. The predicted molar refractivity (Wildman–Crippen MR) is 81.0 cm³/mol. The zero-order valence-corrected chi connectivity index (χ0v) is 12.0. The number of ether oxygens (including phenoxy) is 2. The highest BCUT2D eigenvalue weighted by Gasteiger charge is 2.11. The fourth-order valence-electron chi connectivity index (χ4n) is 2.06. The molecule has 0 heterocycles. The quantitative estimate of drug-likeness (QED) is 0.884. The summed E-state index contributed by atoms with van der Waals surface area (Å²) in [5, 5.41) is 9.10. The van der Waals surface area contributed by atoms with Gasteiger partial charge in [-0.1, -0.05) is 30.3 Å². The minimum absolute atomic E-state index is 0.306. The second kappa shape index (κ2) is 7.32. The maximum atomic E-state index is 9.10. The lowest BCUT2D eigenvalue weighted by molar-refractivity contribution is 0.266. The van der Waals surface area contributed by atoms with Gasteiger partial charge in [-0.2, -0.15) is 5.26 Å². The van der Waals surface area contributed by atoms with Crippen molar-refractivity contribution in [1.29, 1.82) is 5.26 Å². The smallest absolute Gasteiger partial charge is 0.166 e. The van der Waals surface area contributed by atoms with Gasteiger partial charge in [0, 0.05) is 17.7 Å². The average Bonchev–Trinajstić information content (AvgIpc) is 2.54. The summed E-state index contributed by atoms with van der Waals surface area (Å²) in [7, 11) is 0. The van der Waals surface area contributed by atoms with Gasteiger partial charge in [0.1, 0.15) is 6.61 Å². The van der Waals surface area contributed by atoms with E-state index in [9.17, 15) is 0 Å². The van der Waals surface area contributed by atoms with Crippen molar-refractivity contribution in [2.75, 3.05) is 6.61 Å². The molecular weight excluding hydrogens is 264 g/mol. The van der Waals surface area contributed by atoms with E-state index in [2.05, 4.69) is 6.07 Å². The SMILES string of the molecule is CCOc1cccc(CN)c1OCc1ccccc1C#N. The van der Waals surface area contributed by atoms with Gasteiger partial charge in [0.05, 0.1) is 18.2 Å². The van der Waals surface area contributed by atoms with E-state index in [0.29, 0.717) is 36.8 Å². The van der Waals surface area contributed by atoms with Gasteiger partial charge in [0.2, 0.25) is 0 Å². The molecule has 2 aromatic carbocycles. The first-order valence-corrected chi connectivity index (χ1v) is 6.85. The van der Waals surface area contributed by atoms with Gasteiger partial charge in [-0.05, 0) is 19.1 Å². The summed E-state index contributed by atoms with van der Waals surface area (Å²) in [6.07, 6.45) is 0. The highest BCUT2D eigenvalue weighted by atomic mass is 16.5. The molecule has 0 bridgehead atoms. The third-order valence-corrected chi connectivity index (χ3v) is 3.09. The van der Waals surface area contributed by atoms with Crippen molar-refractivity contribution in [2.24, 2.45) is 5.73 Å². The zero-order chi connectivity index (χ0) is 15.1. The number of benzene rings is 2. The minimum atomic E-state index is 0.306. The molecule has 2 aromatic rings. The summed E-state index contributed by atoms with van der Waals surface area (Å²) in [5.74, 6) is 1.32. The lowest BCUT2D eigenvalue weighted by Crippen LogP contribution is -2.06. The molecule has 0 aliphatic heterocycles. The number of nitrogens with zero attached hydrogens (tertiary/aromatic N) is 1. The van der Waals surface area contributed by atoms with E-state index in [1.807, 2.05) is 43.3 Å². The van der Waals surface area contributed by atoms with Gasteiger partial charge in [-0.3, -0.25) is 0 Å². The maximum absolute atomic E-state index is 9.10. The van der Waals surface area contributed by atoms with Crippen molar-refractivity contribution in [1.82, 2.24) is 0 Å². The zero-order valence-electron chi connectivity index (χ0n) is 12.0. The first kappa shape index (κ1) is 14.9. The molecular formula is C17H18N2O2. The van der Waals surface area contributed by atoms with Crippen LogP contribution in [0.4, 0.5) is 0 Å². The van der Waals surface area contributed by atoms with Crippen LogP contribution in [0.2, 0.25) is 0 Å². The molecule has 0 unspecified atom stereocenters. The van der Waals surface area contributed by atoms with Crippen LogP contribution in [0, 0.1) is 11.3 Å². The number of nitrogens with two attached hydrogens (primary N) is 1. The third kappa shape index (κ3) is 3.53. The van der Waals surface area contributed by atoms with Gasteiger partial charge in [-0.25, -0.2) is 0 Å². The number of nitriles is 1. The lowest BCUT2D eigenvalue weighted by Gasteiger charge is -2.15. The number of hydrogen-bond donors (Lipinski definition) is 1. The molecule has 108 valence electrons. The van der Waals surface area contributed by atoms with Crippen molar-refractivity contribution in [3.05, 3.63) is 59.2 Å². The Hall–Kier alpha value is -2.51. The van der Waals surface area contributed by atoms with E-state index in [1.54, 1.807) is 6.07 Å². The fraction of sp³-hybridized carbons (Fsp3) is 0.235. The largest absolute Gasteiger partial charge is 0.490 e. The number of rotatable bonds is 6. The standard InChI is InChI=1S/C17H18N2O2/c1-2-20-16-9-5-8-14(11-19)17(16)21-12-15-7-4-3-6-13(15)10-18/h3-9H,2,11-12,19H2,1H3. The summed E-state index contributed by atoms with van der Waals surface area (Å²) in [6, 6.07) is 15.2. The average molecular weight is 282 g/mol. The van der Waals surface area contributed by atoms with E-state index < -0.39 is 0 Å².